The zero-order valence-electron chi connectivity index (χ0n) is 27.0. The third-order valence-electron chi connectivity index (χ3n) is 8.71. The minimum atomic E-state index is -3.59. The van der Waals surface area contributed by atoms with Crippen molar-refractivity contribution in [2.45, 2.75) is 83.8 Å². The first-order valence-electron chi connectivity index (χ1n) is 15.9. The quantitative estimate of drug-likeness (QED) is 0.237. The molecule has 4 rings (SSSR count). The number of amides is 2. The molecule has 1 atom stereocenters. The molecule has 0 unspecified atom stereocenters. The molecule has 1 aliphatic carbocycles. The SMILES string of the molecule is COc1cccc(CN(C(=O)CCCN(c2cccc(C)c2C)S(C)(=O)=O)[C@H](Cc2ccccc2)C(=O)NC2CCCCC2)c1. The Morgan fingerprint density at radius 3 is 2.31 bits per heavy atom. The predicted octanol–water partition coefficient (Wildman–Crippen LogP) is 5.95. The number of carbonyl (C=O) groups is 2. The van der Waals surface area contributed by atoms with Gasteiger partial charge in [0.15, 0.2) is 0 Å². The molecule has 3 aromatic rings. The summed E-state index contributed by atoms with van der Waals surface area (Å²) in [5.74, 6) is 0.311. The normalized spacial score (nSPS) is 14.4. The minimum absolute atomic E-state index is 0.0862. The van der Waals surface area contributed by atoms with Crippen LogP contribution in [-0.4, -0.2) is 57.1 Å². The van der Waals surface area contributed by atoms with E-state index in [9.17, 15) is 18.0 Å². The highest BCUT2D eigenvalue weighted by Gasteiger charge is 2.32. The summed E-state index contributed by atoms with van der Waals surface area (Å²) in [6.45, 7) is 4.23. The molecule has 8 nitrogen and oxygen atoms in total. The predicted molar refractivity (Wildman–Crippen MR) is 180 cm³/mol. The molecule has 3 aromatic carbocycles. The summed E-state index contributed by atoms with van der Waals surface area (Å²) >= 11 is 0. The topological polar surface area (TPSA) is 96.0 Å². The maximum absolute atomic E-state index is 14.2. The fourth-order valence-electron chi connectivity index (χ4n) is 6.05. The highest BCUT2D eigenvalue weighted by atomic mass is 32.2. The van der Waals surface area contributed by atoms with Crippen LogP contribution >= 0.6 is 0 Å². The van der Waals surface area contributed by atoms with E-state index in [4.69, 9.17) is 4.74 Å². The lowest BCUT2D eigenvalue weighted by Gasteiger charge is -2.34. The number of sulfonamides is 1. The number of rotatable bonds is 14. The second kappa shape index (κ2) is 15.9. The van der Waals surface area contributed by atoms with Crippen LogP contribution in [0.2, 0.25) is 0 Å². The molecular weight excluding hydrogens is 586 g/mol. The molecule has 0 heterocycles. The van der Waals surface area contributed by atoms with Gasteiger partial charge in [0.25, 0.3) is 0 Å². The summed E-state index contributed by atoms with van der Waals surface area (Å²) in [5.41, 5.74) is 4.31. The first-order valence-corrected chi connectivity index (χ1v) is 17.7. The summed E-state index contributed by atoms with van der Waals surface area (Å²) in [6, 6.07) is 22.2. The van der Waals surface area contributed by atoms with Crippen molar-refractivity contribution < 1.29 is 22.7 Å². The second-order valence-corrected chi connectivity index (χ2v) is 14.0. The summed E-state index contributed by atoms with van der Waals surface area (Å²) in [7, 11) is -1.99. The lowest BCUT2D eigenvalue weighted by molar-refractivity contribution is -0.141. The summed E-state index contributed by atoms with van der Waals surface area (Å²) in [4.78, 5) is 29.9. The van der Waals surface area contributed by atoms with E-state index in [1.54, 1.807) is 18.1 Å². The Morgan fingerprint density at radius 2 is 1.62 bits per heavy atom. The zero-order valence-corrected chi connectivity index (χ0v) is 27.8. The summed E-state index contributed by atoms with van der Waals surface area (Å²) in [6.07, 6.45) is 7.16. The van der Waals surface area contributed by atoms with Crippen molar-refractivity contribution >= 4 is 27.5 Å². The number of anilines is 1. The van der Waals surface area contributed by atoms with Crippen LogP contribution in [0.3, 0.4) is 0 Å². The van der Waals surface area contributed by atoms with Gasteiger partial charge < -0.3 is 15.0 Å². The number of carbonyl (C=O) groups excluding carboxylic acids is 2. The molecule has 0 aliphatic heterocycles. The van der Waals surface area contributed by atoms with Crippen LogP contribution in [0, 0.1) is 13.8 Å². The zero-order chi connectivity index (χ0) is 32.4. The number of ether oxygens (including phenoxy) is 1. The van der Waals surface area contributed by atoms with Crippen molar-refractivity contribution in [2.24, 2.45) is 0 Å². The molecule has 0 radical (unpaired) electrons. The Labute approximate surface area is 268 Å². The number of methoxy groups -OCH3 is 1. The van der Waals surface area contributed by atoms with E-state index in [2.05, 4.69) is 5.32 Å². The average molecular weight is 634 g/mol. The van der Waals surface area contributed by atoms with Crippen LogP contribution in [0.4, 0.5) is 5.69 Å². The largest absolute Gasteiger partial charge is 0.497 e. The van der Waals surface area contributed by atoms with Gasteiger partial charge in [-0.1, -0.05) is 73.9 Å². The van der Waals surface area contributed by atoms with Gasteiger partial charge in [-0.3, -0.25) is 13.9 Å². The van der Waals surface area contributed by atoms with E-state index in [1.807, 2.05) is 80.6 Å². The van der Waals surface area contributed by atoms with Crippen molar-refractivity contribution in [2.75, 3.05) is 24.2 Å². The summed E-state index contributed by atoms with van der Waals surface area (Å²) in [5, 5.41) is 3.27. The molecule has 1 fully saturated rings. The van der Waals surface area contributed by atoms with E-state index in [0.29, 0.717) is 24.3 Å². The van der Waals surface area contributed by atoms with Crippen LogP contribution in [0.25, 0.3) is 0 Å². The number of aryl methyl sites for hydroxylation is 1. The van der Waals surface area contributed by atoms with E-state index >= 15 is 0 Å². The second-order valence-electron chi connectivity index (χ2n) is 12.1. The third kappa shape index (κ3) is 9.57. The highest BCUT2D eigenvalue weighted by molar-refractivity contribution is 7.92. The number of hydrogen-bond donors (Lipinski definition) is 1. The van der Waals surface area contributed by atoms with Crippen LogP contribution in [0.15, 0.2) is 72.8 Å². The van der Waals surface area contributed by atoms with Crippen LogP contribution in [-0.2, 0) is 32.6 Å². The Bertz CT molecular complexity index is 1540. The molecule has 1 N–H and O–H groups in total. The fourth-order valence-corrected chi connectivity index (χ4v) is 7.07. The minimum Gasteiger partial charge on any atom is -0.497 e. The first kappa shape index (κ1) is 34.0. The Morgan fingerprint density at radius 1 is 0.933 bits per heavy atom. The summed E-state index contributed by atoms with van der Waals surface area (Å²) < 4.78 is 32.5. The van der Waals surface area contributed by atoms with Crippen LogP contribution < -0.4 is 14.4 Å². The van der Waals surface area contributed by atoms with Gasteiger partial charge in [0.1, 0.15) is 11.8 Å². The van der Waals surface area contributed by atoms with Gasteiger partial charge in [-0.05, 0) is 73.6 Å². The standard InChI is InChI=1S/C36H47N3O5S/c1-27-14-11-21-33(28(27)2)39(45(4,42)43)23-13-22-35(40)38(26-30-17-12-20-32(24-30)44-3)34(25-29-15-7-5-8-16-29)36(41)37-31-18-9-6-10-19-31/h5,7-8,11-12,14-17,20-21,24,31,34H,6,9-10,13,18-19,22-23,25-26H2,1-4H3,(H,37,41)/t34-/m1/s1. The van der Waals surface area contributed by atoms with Crippen molar-refractivity contribution in [3.63, 3.8) is 0 Å². The van der Waals surface area contributed by atoms with Gasteiger partial charge in [0, 0.05) is 32.0 Å². The highest BCUT2D eigenvalue weighted by Crippen LogP contribution is 2.26. The number of nitrogens with one attached hydrogen (secondary N) is 1. The Kier molecular flexibility index (Phi) is 12.0. The number of benzene rings is 3. The molecule has 45 heavy (non-hydrogen) atoms. The van der Waals surface area contributed by atoms with Crippen LogP contribution in [0.5, 0.6) is 5.75 Å². The van der Waals surface area contributed by atoms with Gasteiger partial charge >= 0.3 is 0 Å². The van der Waals surface area contributed by atoms with Crippen molar-refractivity contribution in [3.8, 4) is 5.75 Å². The van der Waals surface area contributed by atoms with Gasteiger partial charge in [-0.15, -0.1) is 0 Å². The smallest absolute Gasteiger partial charge is 0.243 e. The van der Waals surface area contributed by atoms with E-state index in [0.717, 1.165) is 47.9 Å². The van der Waals surface area contributed by atoms with Crippen molar-refractivity contribution in [1.82, 2.24) is 10.2 Å². The lowest BCUT2D eigenvalue weighted by atomic mass is 9.94. The van der Waals surface area contributed by atoms with E-state index < -0.39 is 16.1 Å². The molecule has 2 amide bonds. The monoisotopic (exact) mass is 633 g/mol. The maximum atomic E-state index is 14.2. The molecule has 0 bridgehead atoms. The van der Waals surface area contributed by atoms with Gasteiger partial charge in [0.05, 0.1) is 19.1 Å². The molecule has 242 valence electrons. The molecular formula is C36H47N3O5S. The molecule has 0 aromatic heterocycles. The third-order valence-corrected chi connectivity index (χ3v) is 9.89. The molecule has 0 spiro atoms. The van der Waals surface area contributed by atoms with Crippen molar-refractivity contribution in [1.29, 1.82) is 0 Å². The number of hydrogen-bond acceptors (Lipinski definition) is 5. The average Bonchev–Trinajstić information content (AvgIpc) is 3.03. The van der Waals surface area contributed by atoms with Gasteiger partial charge in [-0.2, -0.15) is 0 Å². The lowest BCUT2D eigenvalue weighted by Crippen LogP contribution is -2.52. The number of nitrogens with zero attached hydrogens (tertiary/aromatic N) is 2. The molecule has 1 saturated carbocycles. The van der Waals surface area contributed by atoms with Crippen LogP contribution in [0.1, 0.15) is 67.2 Å². The van der Waals surface area contributed by atoms with E-state index in [1.165, 1.54) is 17.0 Å². The van der Waals surface area contributed by atoms with Crippen molar-refractivity contribution in [3.05, 3.63) is 95.1 Å². The molecule has 0 saturated heterocycles. The Balaban J connectivity index is 1.62. The van der Waals surface area contributed by atoms with Gasteiger partial charge in [-0.25, -0.2) is 8.42 Å². The molecule has 1 aliphatic rings. The van der Waals surface area contributed by atoms with E-state index in [-0.39, 0.29) is 37.4 Å². The Hall–Kier alpha value is -3.85. The maximum Gasteiger partial charge on any atom is 0.243 e. The van der Waals surface area contributed by atoms with Gasteiger partial charge in [0.2, 0.25) is 21.8 Å². The first-order chi connectivity index (χ1) is 21.6. The molecule has 9 heteroatoms. The fraction of sp³-hybridized carbons (Fsp3) is 0.444.